The molecule has 3 aliphatic heterocycles. The second-order valence-electron chi connectivity index (χ2n) is 12.3. The molecule has 3 aliphatic rings. The van der Waals surface area contributed by atoms with Gasteiger partial charge in [0.1, 0.15) is 17.5 Å². The lowest BCUT2D eigenvalue weighted by atomic mass is 9.85. The third-order valence-corrected chi connectivity index (χ3v) is 9.79. The van der Waals surface area contributed by atoms with E-state index >= 15 is 0 Å². The predicted octanol–water partition coefficient (Wildman–Crippen LogP) is 6.50. The topological polar surface area (TPSA) is 101 Å². The molecule has 2 N–H and O–H groups in total. The molecule has 0 aromatic heterocycles. The van der Waals surface area contributed by atoms with E-state index in [1.807, 2.05) is 42.3 Å². The van der Waals surface area contributed by atoms with Gasteiger partial charge in [-0.25, -0.2) is 0 Å². The maximum Gasteiger partial charge on any atom is 0.201 e. The number of benzene rings is 4. The Morgan fingerprint density at radius 3 is 2.23 bits per heavy atom. The third kappa shape index (κ3) is 5.42. The molecule has 0 saturated carbocycles. The first-order chi connectivity index (χ1) is 22.2. The average molecular weight is 659 g/mol. The van der Waals surface area contributed by atoms with Gasteiger partial charge in [-0.1, -0.05) is 6.07 Å². The van der Waals surface area contributed by atoms with Crippen LogP contribution in [-0.4, -0.2) is 74.3 Å². The fraction of sp³-hybridized carbons (Fsp3) is 0.324. The molecule has 47 heavy (non-hydrogen) atoms. The lowest BCUT2D eigenvalue weighted by Crippen LogP contribution is -2.37. The quantitative estimate of drug-likeness (QED) is 0.255. The van der Waals surface area contributed by atoms with Gasteiger partial charge in [0.2, 0.25) is 5.75 Å². The highest BCUT2D eigenvalue weighted by Crippen LogP contribution is 2.51. The first-order valence-electron chi connectivity index (χ1n) is 15.5. The van der Waals surface area contributed by atoms with E-state index in [2.05, 4.69) is 11.9 Å². The molecule has 4 aromatic rings. The minimum atomic E-state index is -0.781. The summed E-state index contributed by atoms with van der Waals surface area (Å²) in [5.74, 6) is 1.69. The number of nitrogens with zero attached hydrogens (tertiary/aromatic N) is 2. The van der Waals surface area contributed by atoms with Crippen LogP contribution in [0.15, 0.2) is 54.6 Å². The Hall–Kier alpha value is -4.44. The number of rotatable bonds is 3. The fourth-order valence-corrected chi connectivity index (χ4v) is 7.26. The summed E-state index contributed by atoms with van der Waals surface area (Å²) in [5, 5.41) is 22.7. The highest BCUT2D eigenvalue weighted by atomic mass is 35.5. The van der Waals surface area contributed by atoms with Crippen LogP contribution in [0.25, 0.3) is 11.1 Å². The van der Waals surface area contributed by atoms with Gasteiger partial charge < -0.3 is 29.2 Å². The van der Waals surface area contributed by atoms with Gasteiger partial charge in [0.05, 0.1) is 21.3 Å². The molecular formula is C37H39ClN2O7. The fourth-order valence-electron chi connectivity index (χ4n) is 7.26. The standard InChI is InChI=1S/C37H38N2O7.ClH/c1-38-12-10-21-17-30(44-4)31-19-24(21)27(38)15-20-6-9-29(43-3)26(14-20)25-16-23(7-8-28(25)40)35(41)34-33-22(11-13-39(34)2)18-32(45-5)36(42)37(33)46-31;/h6-9,14,16-19,27,34,40,42H,10-13,15H2,1-5H3;1H/t27-,34+;/m1./s1. The van der Waals surface area contributed by atoms with E-state index in [0.717, 1.165) is 35.2 Å². The van der Waals surface area contributed by atoms with Crippen molar-refractivity contribution in [2.75, 3.05) is 48.5 Å². The van der Waals surface area contributed by atoms with E-state index in [-0.39, 0.29) is 47.2 Å². The monoisotopic (exact) mass is 658 g/mol. The number of fused-ring (bicyclic) bond motifs is 6. The predicted molar refractivity (Wildman–Crippen MR) is 181 cm³/mol. The van der Waals surface area contributed by atoms with Gasteiger partial charge in [0, 0.05) is 41.4 Å². The van der Waals surface area contributed by atoms with Crippen LogP contribution in [0.5, 0.6) is 40.2 Å². The number of likely N-dealkylation sites (N-methyl/N-ethyl adjacent to an activating group) is 2. The SMILES string of the molecule is COc1cc2c3cc1Oc1c(O)c(OC)cc4c1[C@@H](C(=O)c1ccc(O)c(c1)-c1cc(ccc1OC)C[C@H]3N(C)CC2)N(C)CC4.Cl. The molecule has 0 saturated heterocycles. The number of ether oxygens (including phenoxy) is 4. The summed E-state index contributed by atoms with van der Waals surface area (Å²) in [6, 6.07) is 16.0. The van der Waals surface area contributed by atoms with Crippen LogP contribution >= 0.6 is 12.4 Å². The first-order valence-corrected chi connectivity index (χ1v) is 15.5. The largest absolute Gasteiger partial charge is 0.507 e. The molecule has 246 valence electrons. The van der Waals surface area contributed by atoms with Crippen molar-refractivity contribution in [3.8, 4) is 51.4 Å². The number of Topliss-reactive ketones (excluding diaryl/α,β-unsaturated/α-hetero) is 1. The van der Waals surface area contributed by atoms with Crippen molar-refractivity contribution in [2.45, 2.75) is 31.3 Å². The van der Waals surface area contributed by atoms with Gasteiger partial charge in [-0.15, -0.1) is 12.4 Å². The number of carbonyl (C=O) groups is 1. The number of hydrogen-bond donors (Lipinski definition) is 2. The number of carbonyl (C=O) groups excluding carboxylic acids is 1. The van der Waals surface area contributed by atoms with Crippen LogP contribution in [0, 0.1) is 0 Å². The Morgan fingerprint density at radius 2 is 1.49 bits per heavy atom. The van der Waals surface area contributed by atoms with Gasteiger partial charge in [-0.3, -0.25) is 14.6 Å². The summed E-state index contributed by atoms with van der Waals surface area (Å²) in [7, 11) is 8.72. The van der Waals surface area contributed by atoms with Crippen molar-refractivity contribution < 1.29 is 34.0 Å². The molecule has 2 atom stereocenters. The van der Waals surface area contributed by atoms with Crippen LogP contribution in [-0.2, 0) is 19.3 Å². The molecule has 0 unspecified atom stereocenters. The maximum absolute atomic E-state index is 14.6. The van der Waals surface area contributed by atoms with E-state index in [1.165, 1.54) is 7.11 Å². The summed E-state index contributed by atoms with van der Waals surface area (Å²) in [6.07, 6.45) is 2.15. The Labute approximate surface area is 280 Å². The summed E-state index contributed by atoms with van der Waals surface area (Å²) < 4.78 is 23.9. The average Bonchev–Trinajstić information content (AvgIpc) is 3.06. The van der Waals surface area contributed by atoms with Crippen molar-refractivity contribution >= 4 is 18.2 Å². The van der Waals surface area contributed by atoms with Gasteiger partial charge in [-0.2, -0.15) is 0 Å². The molecule has 7 rings (SSSR count). The van der Waals surface area contributed by atoms with Crippen LogP contribution in [0.1, 0.15) is 50.3 Å². The molecular weight excluding hydrogens is 620 g/mol. The van der Waals surface area contributed by atoms with Gasteiger partial charge in [-0.05, 0) is 104 Å². The highest BCUT2D eigenvalue weighted by Gasteiger charge is 2.38. The number of hydrogen-bond acceptors (Lipinski definition) is 9. The second-order valence-corrected chi connectivity index (χ2v) is 12.3. The summed E-state index contributed by atoms with van der Waals surface area (Å²) in [5.41, 5.74) is 6.36. The molecule has 0 fully saturated rings. The van der Waals surface area contributed by atoms with Crippen molar-refractivity contribution in [1.82, 2.24) is 9.80 Å². The Balaban J connectivity index is 0.00000386. The number of aromatic hydroxyl groups is 2. The highest BCUT2D eigenvalue weighted by molar-refractivity contribution is 6.03. The van der Waals surface area contributed by atoms with Crippen LogP contribution in [0.4, 0.5) is 0 Å². The van der Waals surface area contributed by atoms with Crippen molar-refractivity contribution in [3.63, 3.8) is 0 Å². The van der Waals surface area contributed by atoms with E-state index in [9.17, 15) is 15.0 Å². The number of methoxy groups -OCH3 is 3. The third-order valence-electron chi connectivity index (χ3n) is 9.79. The van der Waals surface area contributed by atoms with E-state index in [1.54, 1.807) is 38.5 Å². The molecule has 0 amide bonds. The summed E-state index contributed by atoms with van der Waals surface area (Å²) >= 11 is 0. The van der Waals surface area contributed by atoms with Crippen molar-refractivity contribution in [3.05, 3.63) is 88.0 Å². The summed E-state index contributed by atoms with van der Waals surface area (Å²) in [6.45, 7) is 1.47. The van der Waals surface area contributed by atoms with Crippen molar-refractivity contribution in [2.24, 2.45) is 0 Å². The normalized spacial score (nSPS) is 18.8. The zero-order valence-corrected chi connectivity index (χ0v) is 27.9. The van der Waals surface area contributed by atoms with Crippen LogP contribution in [0.3, 0.4) is 0 Å². The van der Waals surface area contributed by atoms with Gasteiger partial charge in [0.15, 0.2) is 28.8 Å². The first kappa shape index (κ1) is 32.5. The number of ketones is 1. The smallest absolute Gasteiger partial charge is 0.201 e. The van der Waals surface area contributed by atoms with Crippen molar-refractivity contribution in [1.29, 1.82) is 0 Å². The van der Waals surface area contributed by atoms with E-state index < -0.39 is 6.04 Å². The molecule has 0 spiro atoms. The molecule has 0 aliphatic carbocycles. The minimum Gasteiger partial charge on any atom is -0.507 e. The lowest BCUT2D eigenvalue weighted by molar-refractivity contribution is 0.0834. The van der Waals surface area contributed by atoms with Gasteiger partial charge >= 0.3 is 0 Å². The number of phenols is 2. The Morgan fingerprint density at radius 1 is 0.787 bits per heavy atom. The zero-order valence-electron chi connectivity index (χ0n) is 27.1. The minimum absolute atomic E-state index is 0. The Kier molecular flexibility index (Phi) is 8.74. The molecule has 6 bridgehead atoms. The molecule has 10 heteroatoms. The molecule has 9 nitrogen and oxygen atoms in total. The summed E-state index contributed by atoms with van der Waals surface area (Å²) in [4.78, 5) is 18.9. The number of halogens is 1. The van der Waals surface area contributed by atoms with E-state index in [4.69, 9.17) is 18.9 Å². The molecule has 0 radical (unpaired) electrons. The molecule has 3 heterocycles. The van der Waals surface area contributed by atoms with Gasteiger partial charge in [0.25, 0.3) is 0 Å². The maximum atomic E-state index is 14.6. The second kappa shape index (κ2) is 12.6. The lowest BCUT2D eigenvalue weighted by Gasteiger charge is -2.36. The Bertz CT molecular complexity index is 1880. The zero-order chi connectivity index (χ0) is 32.3. The number of phenolic OH excluding ortho intramolecular Hbond substituents is 2. The van der Waals surface area contributed by atoms with E-state index in [0.29, 0.717) is 58.9 Å². The van der Waals surface area contributed by atoms with Crippen LogP contribution in [0.2, 0.25) is 0 Å². The van der Waals surface area contributed by atoms with Crippen LogP contribution < -0.4 is 18.9 Å². The molecule has 4 aromatic carbocycles.